The van der Waals surface area contributed by atoms with Gasteiger partial charge in [0.15, 0.2) is 0 Å². The molecule has 1 saturated carbocycles. The molecule has 0 bridgehead atoms. The number of carbonyl (C=O) groups excluding carboxylic acids is 2. The summed E-state index contributed by atoms with van der Waals surface area (Å²) in [5.74, 6) is -0.362. The largest absolute Gasteiger partial charge is 0.369 e. The van der Waals surface area contributed by atoms with E-state index in [1.54, 1.807) is 24.3 Å². The Labute approximate surface area is 112 Å². The monoisotopic (exact) mass is 261 g/mol. The third kappa shape index (κ3) is 5.09. The van der Waals surface area contributed by atoms with Crippen molar-refractivity contribution in [1.82, 2.24) is 5.32 Å². The number of anilines is 1. The summed E-state index contributed by atoms with van der Waals surface area (Å²) in [6.45, 7) is 0.719. The summed E-state index contributed by atoms with van der Waals surface area (Å²) >= 11 is 0. The number of benzene rings is 1. The summed E-state index contributed by atoms with van der Waals surface area (Å²) in [7, 11) is 0. The summed E-state index contributed by atoms with van der Waals surface area (Å²) in [5.41, 5.74) is 6.70. The third-order valence-corrected chi connectivity index (χ3v) is 2.98. The van der Waals surface area contributed by atoms with Gasteiger partial charge in [-0.05, 0) is 30.5 Å². The van der Waals surface area contributed by atoms with E-state index in [1.807, 2.05) is 0 Å². The van der Waals surface area contributed by atoms with Crippen LogP contribution in [0.3, 0.4) is 0 Å². The van der Waals surface area contributed by atoms with Gasteiger partial charge in [0.1, 0.15) is 0 Å². The molecule has 102 valence electrons. The molecule has 0 unspecified atom stereocenters. The van der Waals surface area contributed by atoms with E-state index in [4.69, 9.17) is 5.73 Å². The number of nitrogens with one attached hydrogen (secondary N) is 2. The second kappa shape index (κ2) is 6.33. The van der Waals surface area contributed by atoms with Crippen LogP contribution in [0.4, 0.5) is 5.69 Å². The summed E-state index contributed by atoms with van der Waals surface area (Å²) < 4.78 is 0. The van der Waals surface area contributed by atoms with Gasteiger partial charge in [-0.25, -0.2) is 0 Å². The first-order valence-electron chi connectivity index (χ1n) is 6.54. The first-order chi connectivity index (χ1) is 9.13. The minimum Gasteiger partial charge on any atom is -0.369 e. The van der Waals surface area contributed by atoms with Crippen molar-refractivity contribution < 1.29 is 9.59 Å². The molecule has 2 amide bonds. The first-order valence-corrected chi connectivity index (χ1v) is 6.54. The number of rotatable bonds is 7. The maximum Gasteiger partial charge on any atom is 0.225 e. The molecule has 1 aromatic rings. The lowest BCUT2D eigenvalue weighted by Gasteiger charge is -2.06. The molecule has 0 aliphatic heterocycles. The van der Waals surface area contributed by atoms with Crippen LogP contribution in [0.15, 0.2) is 24.3 Å². The predicted octanol–water partition coefficient (Wildman–Crippen LogP) is 0.795. The molecule has 1 aliphatic carbocycles. The van der Waals surface area contributed by atoms with Gasteiger partial charge >= 0.3 is 0 Å². The normalized spacial score (nSPS) is 14.1. The van der Waals surface area contributed by atoms with Gasteiger partial charge in [0.2, 0.25) is 11.8 Å². The predicted molar refractivity (Wildman–Crippen MR) is 73.6 cm³/mol. The van der Waals surface area contributed by atoms with Crippen molar-refractivity contribution in [3.05, 3.63) is 29.8 Å². The van der Waals surface area contributed by atoms with Gasteiger partial charge in [-0.15, -0.1) is 0 Å². The highest BCUT2D eigenvalue weighted by Crippen LogP contribution is 2.18. The summed E-state index contributed by atoms with van der Waals surface area (Å²) in [5, 5.41) is 6.11. The Balaban J connectivity index is 1.74. The molecule has 0 aromatic heterocycles. The summed E-state index contributed by atoms with van der Waals surface area (Å²) in [6, 6.07) is 7.78. The maximum atomic E-state index is 11.7. The topological polar surface area (TPSA) is 84.2 Å². The highest BCUT2D eigenvalue weighted by atomic mass is 16.1. The number of nitrogens with two attached hydrogens (primary N) is 1. The molecular formula is C14H19N3O2. The first kappa shape index (κ1) is 13.5. The SMILES string of the molecule is NC(=O)Cc1ccc(NC(=O)CCNC2CC2)cc1. The van der Waals surface area contributed by atoms with Crippen molar-refractivity contribution >= 4 is 17.5 Å². The van der Waals surface area contributed by atoms with E-state index < -0.39 is 0 Å². The van der Waals surface area contributed by atoms with E-state index in [1.165, 1.54) is 12.8 Å². The van der Waals surface area contributed by atoms with E-state index >= 15 is 0 Å². The van der Waals surface area contributed by atoms with Gasteiger partial charge in [-0.1, -0.05) is 12.1 Å². The van der Waals surface area contributed by atoms with E-state index in [2.05, 4.69) is 10.6 Å². The molecular weight excluding hydrogens is 242 g/mol. The number of amides is 2. The van der Waals surface area contributed by atoms with E-state index in [0.717, 1.165) is 17.8 Å². The van der Waals surface area contributed by atoms with Crippen molar-refractivity contribution in [2.24, 2.45) is 5.73 Å². The lowest BCUT2D eigenvalue weighted by molar-refractivity contribution is -0.117. The minimum atomic E-state index is -0.358. The number of primary amides is 1. The minimum absolute atomic E-state index is 0.00389. The van der Waals surface area contributed by atoms with Crippen molar-refractivity contribution in [2.75, 3.05) is 11.9 Å². The van der Waals surface area contributed by atoms with Crippen molar-refractivity contribution in [3.63, 3.8) is 0 Å². The van der Waals surface area contributed by atoms with Gasteiger partial charge in [-0.2, -0.15) is 0 Å². The fourth-order valence-corrected chi connectivity index (χ4v) is 1.81. The second-order valence-corrected chi connectivity index (χ2v) is 4.87. The molecule has 0 saturated heterocycles. The molecule has 0 heterocycles. The van der Waals surface area contributed by atoms with Crippen molar-refractivity contribution in [3.8, 4) is 0 Å². The van der Waals surface area contributed by atoms with E-state index in [0.29, 0.717) is 12.5 Å². The molecule has 0 spiro atoms. The molecule has 1 aliphatic rings. The zero-order valence-electron chi connectivity index (χ0n) is 10.8. The Morgan fingerprint density at radius 2 is 1.89 bits per heavy atom. The molecule has 0 atom stereocenters. The van der Waals surface area contributed by atoms with Crippen LogP contribution in [0.2, 0.25) is 0 Å². The summed E-state index contributed by atoms with van der Waals surface area (Å²) in [4.78, 5) is 22.4. The van der Waals surface area contributed by atoms with Crippen LogP contribution in [0, 0.1) is 0 Å². The molecule has 4 N–H and O–H groups in total. The van der Waals surface area contributed by atoms with E-state index in [-0.39, 0.29) is 18.2 Å². The van der Waals surface area contributed by atoms with Crippen LogP contribution in [0.5, 0.6) is 0 Å². The Hall–Kier alpha value is -1.88. The lowest BCUT2D eigenvalue weighted by atomic mass is 10.1. The Morgan fingerprint density at radius 1 is 1.21 bits per heavy atom. The average Bonchev–Trinajstić information content (AvgIpc) is 3.15. The van der Waals surface area contributed by atoms with Crippen molar-refractivity contribution in [2.45, 2.75) is 31.7 Å². The van der Waals surface area contributed by atoms with Crippen molar-refractivity contribution in [1.29, 1.82) is 0 Å². The van der Waals surface area contributed by atoms with Crippen LogP contribution in [0.1, 0.15) is 24.8 Å². The number of hydrogen-bond acceptors (Lipinski definition) is 3. The third-order valence-electron chi connectivity index (χ3n) is 2.98. The van der Waals surface area contributed by atoms with Crippen LogP contribution >= 0.6 is 0 Å². The zero-order valence-corrected chi connectivity index (χ0v) is 10.8. The highest BCUT2D eigenvalue weighted by molar-refractivity contribution is 5.90. The molecule has 19 heavy (non-hydrogen) atoms. The quantitative estimate of drug-likeness (QED) is 0.678. The number of carbonyl (C=O) groups is 2. The molecule has 2 rings (SSSR count). The van der Waals surface area contributed by atoms with Gasteiger partial charge in [0.25, 0.3) is 0 Å². The van der Waals surface area contributed by atoms with Crippen LogP contribution in [-0.2, 0) is 16.0 Å². The standard InChI is InChI=1S/C14H19N3O2/c15-13(18)9-10-1-3-12(4-2-10)17-14(19)7-8-16-11-5-6-11/h1-4,11,16H,5-9H2,(H2,15,18)(H,17,19). The van der Waals surface area contributed by atoms with Gasteiger partial charge < -0.3 is 16.4 Å². The molecule has 1 aromatic carbocycles. The molecule has 5 heteroatoms. The zero-order chi connectivity index (χ0) is 13.7. The fraction of sp³-hybridized carbons (Fsp3) is 0.429. The smallest absolute Gasteiger partial charge is 0.225 e. The lowest BCUT2D eigenvalue weighted by Crippen LogP contribution is -2.23. The average molecular weight is 261 g/mol. The fourth-order valence-electron chi connectivity index (χ4n) is 1.81. The Morgan fingerprint density at radius 3 is 2.47 bits per heavy atom. The maximum absolute atomic E-state index is 11.7. The molecule has 5 nitrogen and oxygen atoms in total. The van der Waals surface area contributed by atoms with Gasteiger partial charge in [0, 0.05) is 24.7 Å². The molecule has 1 fully saturated rings. The van der Waals surface area contributed by atoms with E-state index in [9.17, 15) is 9.59 Å². The highest BCUT2D eigenvalue weighted by Gasteiger charge is 2.20. The van der Waals surface area contributed by atoms with Crippen LogP contribution in [-0.4, -0.2) is 24.4 Å². The van der Waals surface area contributed by atoms with Crippen LogP contribution in [0.25, 0.3) is 0 Å². The Kier molecular flexibility index (Phi) is 4.52. The van der Waals surface area contributed by atoms with Gasteiger partial charge in [-0.3, -0.25) is 9.59 Å². The molecule has 0 radical (unpaired) electrons. The van der Waals surface area contributed by atoms with Crippen LogP contribution < -0.4 is 16.4 Å². The summed E-state index contributed by atoms with van der Waals surface area (Å²) in [6.07, 6.45) is 3.14. The van der Waals surface area contributed by atoms with Gasteiger partial charge in [0.05, 0.1) is 6.42 Å². The Bertz CT molecular complexity index is 452. The second-order valence-electron chi connectivity index (χ2n) is 4.87. The number of hydrogen-bond donors (Lipinski definition) is 3.